The van der Waals surface area contributed by atoms with Gasteiger partial charge in [0.15, 0.2) is 12.6 Å². The van der Waals surface area contributed by atoms with Crippen LogP contribution in [-0.4, -0.2) is 126 Å². The van der Waals surface area contributed by atoms with Crippen LogP contribution in [-0.2, 0) is 47.4 Å². The second-order valence-corrected chi connectivity index (χ2v) is 14.0. The number of ether oxygens (including phenoxy) is 10. The molecule has 2 rings (SSSR count). The van der Waals surface area contributed by atoms with Gasteiger partial charge in [-0.3, -0.25) is 0 Å². The van der Waals surface area contributed by atoms with Gasteiger partial charge in [0.1, 0.15) is 48.8 Å². The maximum absolute atomic E-state index is 11.3. The van der Waals surface area contributed by atoms with Crippen LogP contribution in [0.3, 0.4) is 0 Å². The Morgan fingerprint density at radius 2 is 0.725 bits per heavy atom. The highest BCUT2D eigenvalue weighted by Crippen LogP contribution is 2.33. The van der Waals surface area contributed by atoms with Crippen LogP contribution in [0.5, 0.6) is 0 Å². The molecule has 2 heterocycles. The first-order chi connectivity index (χ1) is 25.0. The Balaban J connectivity index is 2.41. The molecule has 10 atom stereocenters. The lowest BCUT2D eigenvalue weighted by molar-refractivity contribution is -0.345. The molecule has 0 aliphatic carbocycles. The zero-order valence-electron chi connectivity index (χ0n) is 33.6. The van der Waals surface area contributed by atoms with E-state index in [4.69, 9.17) is 47.4 Å². The van der Waals surface area contributed by atoms with E-state index in [1.54, 1.807) is 0 Å². The smallest absolute Gasteiger partial charge is 0.187 e. The molecule has 2 aliphatic heterocycles. The van der Waals surface area contributed by atoms with E-state index in [0.29, 0.717) is 52.9 Å². The molecule has 11 nitrogen and oxygen atoms in total. The van der Waals surface area contributed by atoms with Crippen LogP contribution in [0.4, 0.5) is 0 Å². The van der Waals surface area contributed by atoms with Crippen LogP contribution < -0.4 is 0 Å². The zero-order chi connectivity index (χ0) is 37.1. The summed E-state index contributed by atoms with van der Waals surface area (Å²) >= 11 is 0. The summed E-state index contributed by atoms with van der Waals surface area (Å²) in [5.74, 6) is 0. The summed E-state index contributed by atoms with van der Waals surface area (Å²) in [6, 6.07) is 0. The molecule has 1 N–H and O–H groups in total. The predicted octanol–water partition coefficient (Wildman–Crippen LogP) is 7.37. The Morgan fingerprint density at radius 3 is 1.18 bits per heavy atom. The van der Waals surface area contributed by atoms with Gasteiger partial charge in [-0.25, -0.2) is 0 Å². The van der Waals surface area contributed by atoms with Gasteiger partial charge in [-0.2, -0.15) is 0 Å². The molecule has 0 aromatic heterocycles. The molecular formula is C40H78O11. The number of unbranched alkanes of at least 4 members (excludes halogenated alkanes) is 7. The van der Waals surface area contributed by atoms with Crippen molar-refractivity contribution in [3.63, 3.8) is 0 Å². The van der Waals surface area contributed by atoms with E-state index in [0.717, 1.165) is 89.9 Å². The number of aliphatic hydroxyl groups is 1. The van der Waals surface area contributed by atoms with Crippen LogP contribution in [0.2, 0.25) is 0 Å². The fraction of sp³-hybridized carbons (Fsp3) is 1.00. The molecule has 0 amide bonds. The molecule has 2 fully saturated rings. The van der Waals surface area contributed by atoms with Gasteiger partial charge < -0.3 is 52.5 Å². The Kier molecular flexibility index (Phi) is 27.4. The highest BCUT2D eigenvalue weighted by molar-refractivity contribution is 4.95. The Morgan fingerprint density at radius 1 is 0.373 bits per heavy atom. The van der Waals surface area contributed by atoms with Gasteiger partial charge in [0.25, 0.3) is 0 Å². The molecule has 2 saturated heterocycles. The minimum absolute atomic E-state index is 0.0912. The van der Waals surface area contributed by atoms with E-state index in [1.807, 2.05) is 0 Å². The van der Waals surface area contributed by atoms with Crippen molar-refractivity contribution in [2.24, 2.45) is 0 Å². The fourth-order valence-corrected chi connectivity index (χ4v) is 6.13. The summed E-state index contributed by atoms with van der Waals surface area (Å²) in [7, 11) is 0. The van der Waals surface area contributed by atoms with E-state index in [9.17, 15) is 5.11 Å². The summed E-state index contributed by atoms with van der Waals surface area (Å²) in [5.41, 5.74) is 0. The van der Waals surface area contributed by atoms with Crippen molar-refractivity contribution in [1.82, 2.24) is 0 Å². The van der Waals surface area contributed by atoms with Gasteiger partial charge in [-0.15, -0.1) is 0 Å². The third-order valence-electron chi connectivity index (χ3n) is 9.40. The van der Waals surface area contributed by atoms with Crippen LogP contribution in [0, 0.1) is 0 Å². The largest absolute Gasteiger partial charge is 0.379 e. The minimum Gasteiger partial charge on any atom is -0.379 e. The molecule has 51 heavy (non-hydrogen) atoms. The summed E-state index contributed by atoms with van der Waals surface area (Å²) < 4.78 is 64.7. The minimum atomic E-state index is -1.20. The highest BCUT2D eigenvalue weighted by atomic mass is 16.7. The first-order valence-electron chi connectivity index (χ1n) is 20.9. The number of hydrogen-bond acceptors (Lipinski definition) is 11. The molecule has 0 aromatic rings. The van der Waals surface area contributed by atoms with Crippen molar-refractivity contribution in [3.8, 4) is 0 Å². The van der Waals surface area contributed by atoms with Gasteiger partial charge in [0.05, 0.1) is 13.2 Å². The average Bonchev–Trinajstić information content (AvgIpc) is 3.13. The molecule has 5 unspecified atom stereocenters. The Labute approximate surface area is 311 Å². The van der Waals surface area contributed by atoms with Gasteiger partial charge in [0, 0.05) is 46.2 Å². The van der Waals surface area contributed by atoms with Gasteiger partial charge >= 0.3 is 0 Å². The summed E-state index contributed by atoms with van der Waals surface area (Å²) in [4.78, 5) is 0. The van der Waals surface area contributed by atoms with Crippen molar-refractivity contribution >= 4 is 0 Å². The van der Waals surface area contributed by atoms with Gasteiger partial charge in [-0.1, -0.05) is 93.4 Å². The normalized spacial score (nSPS) is 29.9. The lowest BCUT2D eigenvalue weighted by atomic mass is 9.97. The number of hydrogen-bond donors (Lipinski definition) is 1. The molecular weight excluding hydrogens is 656 g/mol. The monoisotopic (exact) mass is 735 g/mol. The second-order valence-electron chi connectivity index (χ2n) is 14.0. The van der Waals surface area contributed by atoms with E-state index in [2.05, 4.69) is 48.5 Å². The van der Waals surface area contributed by atoms with Crippen LogP contribution in [0.1, 0.15) is 138 Å². The van der Waals surface area contributed by atoms with Crippen molar-refractivity contribution in [2.75, 3.05) is 59.5 Å². The van der Waals surface area contributed by atoms with Gasteiger partial charge in [0.2, 0.25) is 0 Å². The Bertz CT molecular complexity index is 792. The molecule has 0 bridgehead atoms. The fourth-order valence-electron chi connectivity index (χ4n) is 6.13. The average molecular weight is 735 g/mol. The maximum Gasteiger partial charge on any atom is 0.187 e. The third kappa shape index (κ3) is 17.3. The van der Waals surface area contributed by atoms with Crippen molar-refractivity contribution < 1.29 is 52.5 Å². The maximum atomic E-state index is 11.3. The predicted molar refractivity (Wildman–Crippen MR) is 199 cm³/mol. The molecule has 0 saturated carbocycles. The summed E-state index contributed by atoms with van der Waals surface area (Å²) in [6.45, 7) is 19.4. The molecule has 2 aliphatic rings. The lowest BCUT2D eigenvalue weighted by Gasteiger charge is -2.47. The van der Waals surface area contributed by atoms with Crippen molar-refractivity contribution in [1.29, 1.82) is 0 Å². The third-order valence-corrected chi connectivity index (χ3v) is 9.40. The van der Waals surface area contributed by atoms with E-state index >= 15 is 0 Å². The van der Waals surface area contributed by atoms with E-state index < -0.39 is 55.3 Å². The van der Waals surface area contributed by atoms with Crippen molar-refractivity contribution in [2.45, 2.75) is 200 Å². The molecule has 0 aromatic carbocycles. The Hall–Kier alpha value is -0.440. The van der Waals surface area contributed by atoms with Gasteiger partial charge in [-0.05, 0) is 44.9 Å². The number of aliphatic hydroxyl groups excluding tert-OH is 1. The highest BCUT2D eigenvalue weighted by Gasteiger charge is 2.51. The van der Waals surface area contributed by atoms with E-state index in [1.165, 1.54) is 0 Å². The lowest BCUT2D eigenvalue weighted by Crippen LogP contribution is -2.64. The first-order valence-corrected chi connectivity index (χ1v) is 20.9. The number of rotatable bonds is 32. The first kappa shape index (κ1) is 46.7. The topological polar surface area (TPSA) is 113 Å². The summed E-state index contributed by atoms with van der Waals surface area (Å²) in [6.07, 6.45) is 7.39. The standard InChI is InChI=1S/C40H78O11/c1-8-15-22-42-29-31-33(43-23-16-9-2)36(46-26-19-12-5)38(48-28-21-14-7)40(51-31)49-30-32-34(44-24-17-10-3)35(45-25-18-11-4)37(39(41)50-32)47-27-20-13-6/h31-41H,8-30H2,1-7H3/t31?,32?,33-,34-,35?,36+,37?,38?,39+,40+/m1/s1. The van der Waals surface area contributed by atoms with Crippen LogP contribution in [0.15, 0.2) is 0 Å². The quantitative estimate of drug-likeness (QED) is 0.0700. The molecule has 304 valence electrons. The molecule has 11 heteroatoms. The van der Waals surface area contributed by atoms with Crippen LogP contribution >= 0.6 is 0 Å². The molecule has 0 spiro atoms. The second kappa shape index (κ2) is 29.9. The van der Waals surface area contributed by atoms with E-state index in [-0.39, 0.29) is 12.7 Å². The zero-order valence-corrected chi connectivity index (χ0v) is 33.6. The summed E-state index contributed by atoms with van der Waals surface area (Å²) in [5, 5.41) is 11.3. The molecule has 0 radical (unpaired) electrons. The van der Waals surface area contributed by atoms with Crippen LogP contribution in [0.25, 0.3) is 0 Å². The SMILES string of the molecule is CCCCOCC1O[C@H](OCC2O[C@H](O)C(OCCCC)C(OCCCC)[C@@H]2OCCCC)C(OCCCC)[C@@H](OCCCC)[C@@H]1OCCCC. The van der Waals surface area contributed by atoms with Crippen molar-refractivity contribution in [3.05, 3.63) is 0 Å².